The number of carboxylic acid groups (broad SMARTS) is 1. The number of amides is 1. The van der Waals surface area contributed by atoms with E-state index < -0.39 is 17.9 Å². The first kappa shape index (κ1) is 19.2. The predicted molar refractivity (Wildman–Crippen MR) is 94.8 cm³/mol. The van der Waals surface area contributed by atoms with Gasteiger partial charge in [-0.15, -0.1) is 0 Å². The molecular formula is C18H27N3O4. The molecule has 7 heteroatoms. The van der Waals surface area contributed by atoms with Crippen molar-refractivity contribution in [2.45, 2.75) is 52.4 Å². The molecular weight excluding hydrogens is 322 g/mol. The van der Waals surface area contributed by atoms with Crippen molar-refractivity contribution < 1.29 is 19.4 Å². The molecule has 25 heavy (non-hydrogen) atoms. The van der Waals surface area contributed by atoms with E-state index in [1.54, 1.807) is 19.2 Å². The number of morpholine rings is 1. The summed E-state index contributed by atoms with van der Waals surface area (Å²) in [6.07, 6.45) is 2.45. The van der Waals surface area contributed by atoms with Crippen molar-refractivity contribution >= 4 is 17.6 Å². The molecule has 0 aromatic carbocycles. The molecule has 2 unspecified atom stereocenters. The van der Waals surface area contributed by atoms with Gasteiger partial charge in [-0.25, -0.2) is 4.79 Å². The lowest BCUT2D eigenvalue weighted by Crippen LogP contribution is -2.46. The van der Waals surface area contributed by atoms with E-state index in [0.717, 1.165) is 18.8 Å². The van der Waals surface area contributed by atoms with Gasteiger partial charge in [0.05, 0.1) is 12.2 Å². The smallest absolute Gasteiger partial charge is 0.326 e. The number of pyridine rings is 1. The molecule has 2 rings (SSSR count). The fourth-order valence-electron chi connectivity index (χ4n) is 3.03. The molecule has 1 aliphatic heterocycles. The summed E-state index contributed by atoms with van der Waals surface area (Å²) in [5, 5.41) is 11.9. The monoisotopic (exact) mass is 349 g/mol. The van der Waals surface area contributed by atoms with Gasteiger partial charge in [0.15, 0.2) is 0 Å². The number of carbonyl (C=O) groups excluding carboxylic acids is 1. The Morgan fingerprint density at radius 1 is 1.40 bits per heavy atom. The molecule has 0 bridgehead atoms. The van der Waals surface area contributed by atoms with Gasteiger partial charge in [0.2, 0.25) is 0 Å². The van der Waals surface area contributed by atoms with Crippen LogP contribution in [0.25, 0.3) is 0 Å². The van der Waals surface area contributed by atoms with E-state index in [-0.39, 0.29) is 23.8 Å². The van der Waals surface area contributed by atoms with E-state index in [1.807, 2.05) is 26.8 Å². The van der Waals surface area contributed by atoms with Gasteiger partial charge in [-0.05, 0) is 31.9 Å². The largest absolute Gasteiger partial charge is 0.480 e. The van der Waals surface area contributed by atoms with Crippen molar-refractivity contribution in [3.63, 3.8) is 0 Å². The molecule has 1 aromatic rings. The lowest BCUT2D eigenvalue weighted by molar-refractivity contribution is -0.140. The third-order valence-corrected chi connectivity index (χ3v) is 4.53. The fourth-order valence-corrected chi connectivity index (χ4v) is 3.03. The second kappa shape index (κ2) is 8.29. The maximum absolute atomic E-state index is 12.5. The minimum atomic E-state index is -1.03. The number of aliphatic carboxylic acids is 1. The quantitative estimate of drug-likeness (QED) is 0.815. The molecule has 1 aromatic heterocycles. The lowest BCUT2D eigenvalue weighted by atomic mass is 9.99. The number of hydrogen-bond donors (Lipinski definition) is 2. The maximum Gasteiger partial charge on any atom is 0.326 e. The van der Waals surface area contributed by atoms with Crippen LogP contribution in [0.3, 0.4) is 0 Å². The highest BCUT2D eigenvalue weighted by molar-refractivity contribution is 5.95. The zero-order chi connectivity index (χ0) is 18.6. The molecule has 4 atom stereocenters. The van der Waals surface area contributed by atoms with Crippen LogP contribution in [0.1, 0.15) is 44.6 Å². The van der Waals surface area contributed by atoms with Crippen LogP contribution in [0.2, 0.25) is 0 Å². The van der Waals surface area contributed by atoms with Gasteiger partial charge >= 0.3 is 5.97 Å². The Morgan fingerprint density at radius 2 is 2.04 bits per heavy atom. The van der Waals surface area contributed by atoms with E-state index >= 15 is 0 Å². The van der Waals surface area contributed by atoms with Crippen LogP contribution in [0.5, 0.6) is 0 Å². The van der Waals surface area contributed by atoms with Gasteiger partial charge in [-0.2, -0.15) is 0 Å². The topological polar surface area (TPSA) is 91.8 Å². The van der Waals surface area contributed by atoms with E-state index in [1.165, 1.54) is 0 Å². The van der Waals surface area contributed by atoms with Crippen molar-refractivity contribution in [1.29, 1.82) is 0 Å². The van der Waals surface area contributed by atoms with Crippen LogP contribution in [0.15, 0.2) is 18.3 Å². The standard InChI is InChI=1S/C18H27N3O4/c1-5-11(2)16(18(23)24)20-17(22)15-8-14(6-7-19-15)21-9-12(3)25-13(4)10-21/h6-8,11-13,16H,5,9-10H2,1-4H3,(H,20,22)(H,23,24)/t11-,12?,13?,16-/m0/s1. The summed E-state index contributed by atoms with van der Waals surface area (Å²) < 4.78 is 5.73. The molecule has 1 saturated heterocycles. The van der Waals surface area contributed by atoms with Gasteiger partial charge < -0.3 is 20.1 Å². The molecule has 2 heterocycles. The number of rotatable bonds is 6. The first-order valence-corrected chi connectivity index (χ1v) is 8.72. The van der Waals surface area contributed by atoms with Gasteiger partial charge in [0.1, 0.15) is 11.7 Å². The Morgan fingerprint density at radius 3 is 2.60 bits per heavy atom. The van der Waals surface area contributed by atoms with Crippen molar-refractivity contribution in [3.05, 3.63) is 24.0 Å². The van der Waals surface area contributed by atoms with Crippen LogP contribution in [-0.4, -0.2) is 53.3 Å². The molecule has 0 aliphatic carbocycles. The molecule has 1 aliphatic rings. The molecule has 2 N–H and O–H groups in total. The summed E-state index contributed by atoms with van der Waals surface area (Å²) in [4.78, 5) is 30.1. The number of carboxylic acids is 1. The van der Waals surface area contributed by atoms with Gasteiger partial charge in [0.25, 0.3) is 5.91 Å². The highest BCUT2D eigenvalue weighted by Crippen LogP contribution is 2.20. The van der Waals surface area contributed by atoms with Crippen LogP contribution in [-0.2, 0) is 9.53 Å². The molecule has 1 fully saturated rings. The third kappa shape index (κ3) is 4.92. The van der Waals surface area contributed by atoms with Gasteiger partial charge in [-0.1, -0.05) is 20.3 Å². The van der Waals surface area contributed by atoms with Crippen LogP contribution in [0.4, 0.5) is 5.69 Å². The minimum Gasteiger partial charge on any atom is -0.480 e. The van der Waals surface area contributed by atoms with Crippen LogP contribution >= 0.6 is 0 Å². The van der Waals surface area contributed by atoms with Gasteiger partial charge in [-0.3, -0.25) is 9.78 Å². The Hall–Kier alpha value is -2.15. The highest BCUT2D eigenvalue weighted by atomic mass is 16.5. The zero-order valence-corrected chi connectivity index (χ0v) is 15.2. The number of anilines is 1. The first-order chi connectivity index (χ1) is 11.8. The normalized spacial score (nSPS) is 23.0. The molecule has 138 valence electrons. The summed E-state index contributed by atoms with van der Waals surface area (Å²) in [5.41, 5.74) is 1.11. The summed E-state index contributed by atoms with van der Waals surface area (Å²) >= 11 is 0. The minimum absolute atomic E-state index is 0.107. The Bertz CT molecular complexity index is 612. The number of carbonyl (C=O) groups is 2. The van der Waals surface area contributed by atoms with Gasteiger partial charge in [0, 0.05) is 25.0 Å². The Balaban J connectivity index is 2.14. The summed E-state index contributed by atoms with van der Waals surface area (Å²) in [6.45, 7) is 9.20. The summed E-state index contributed by atoms with van der Waals surface area (Å²) in [6, 6.07) is 2.63. The van der Waals surface area contributed by atoms with Crippen molar-refractivity contribution in [1.82, 2.24) is 10.3 Å². The van der Waals surface area contributed by atoms with Crippen molar-refractivity contribution in [2.75, 3.05) is 18.0 Å². The molecule has 0 radical (unpaired) electrons. The molecule has 0 spiro atoms. The Labute approximate surface area is 148 Å². The second-order valence-corrected chi connectivity index (χ2v) is 6.74. The molecule has 7 nitrogen and oxygen atoms in total. The maximum atomic E-state index is 12.5. The van der Waals surface area contributed by atoms with Crippen LogP contribution < -0.4 is 10.2 Å². The molecule has 1 amide bonds. The molecule has 0 saturated carbocycles. The first-order valence-electron chi connectivity index (χ1n) is 8.72. The second-order valence-electron chi connectivity index (χ2n) is 6.74. The average molecular weight is 349 g/mol. The van der Waals surface area contributed by atoms with E-state index in [9.17, 15) is 14.7 Å². The predicted octanol–water partition coefficient (Wildman–Crippen LogP) is 1.92. The number of hydrogen-bond acceptors (Lipinski definition) is 5. The average Bonchev–Trinajstić information content (AvgIpc) is 2.57. The fraction of sp³-hybridized carbons (Fsp3) is 0.611. The highest BCUT2D eigenvalue weighted by Gasteiger charge is 2.27. The zero-order valence-electron chi connectivity index (χ0n) is 15.2. The third-order valence-electron chi connectivity index (χ3n) is 4.53. The van der Waals surface area contributed by atoms with Crippen molar-refractivity contribution in [3.8, 4) is 0 Å². The summed E-state index contributed by atoms with van der Waals surface area (Å²) in [5.74, 6) is -1.66. The van der Waals surface area contributed by atoms with Crippen LogP contribution in [0, 0.1) is 5.92 Å². The lowest BCUT2D eigenvalue weighted by Gasteiger charge is -2.36. The summed E-state index contributed by atoms with van der Waals surface area (Å²) in [7, 11) is 0. The number of nitrogens with one attached hydrogen (secondary N) is 1. The number of aromatic nitrogens is 1. The number of nitrogens with zero attached hydrogens (tertiary/aromatic N) is 2. The van der Waals surface area contributed by atoms with E-state index in [4.69, 9.17) is 4.74 Å². The van der Waals surface area contributed by atoms with E-state index in [0.29, 0.717) is 6.42 Å². The van der Waals surface area contributed by atoms with E-state index in [2.05, 4.69) is 15.2 Å². The number of ether oxygens (including phenoxy) is 1. The Kier molecular flexibility index (Phi) is 6.36. The SMILES string of the molecule is CC[C@H](C)[C@H](NC(=O)c1cc(N2CC(C)OC(C)C2)ccn1)C(=O)O. The van der Waals surface area contributed by atoms with Crippen molar-refractivity contribution in [2.24, 2.45) is 5.92 Å².